The number of nitrogens with zero attached hydrogens (tertiary/aromatic N) is 1. The van der Waals surface area contributed by atoms with Crippen molar-refractivity contribution in [3.8, 4) is 0 Å². The second-order valence-corrected chi connectivity index (χ2v) is 5.14. The predicted molar refractivity (Wildman–Crippen MR) is 79.9 cm³/mol. The molecular weight excluding hydrogens is 253 g/mol. The highest BCUT2D eigenvalue weighted by molar-refractivity contribution is 6.33. The fourth-order valence-electron chi connectivity index (χ4n) is 2.52. The maximum atomic E-state index is 11.9. The highest BCUT2D eigenvalue weighted by atomic mass is 16.7. The normalized spacial score (nSPS) is 21.9. The van der Waals surface area contributed by atoms with Crippen molar-refractivity contribution in [3.05, 3.63) is 29.8 Å². The lowest BCUT2D eigenvalue weighted by Crippen LogP contribution is -2.36. The van der Waals surface area contributed by atoms with Crippen LogP contribution < -0.4 is 5.06 Å². The Hall–Kier alpha value is -1.49. The quantitative estimate of drug-likeness (QED) is 0.610. The van der Waals surface area contributed by atoms with Crippen molar-refractivity contribution in [1.82, 2.24) is 0 Å². The van der Waals surface area contributed by atoms with Gasteiger partial charge in [-0.1, -0.05) is 30.8 Å². The monoisotopic (exact) mass is 274 g/mol. The smallest absolute Gasteiger partial charge is 0.313 e. The molecule has 0 bridgehead atoms. The van der Waals surface area contributed by atoms with Gasteiger partial charge in [-0.05, 0) is 25.5 Å². The molecule has 0 saturated carbocycles. The summed E-state index contributed by atoms with van der Waals surface area (Å²) in [6.45, 7) is 4.46. The average Bonchev–Trinajstić information content (AvgIpc) is 2.88. The van der Waals surface area contributed by atoms with E-state index in [2.05, 4.69) is 14.2 Å². The summed E-state index contributed by atoms with van der Waals surface area (Å²) in [5, 5.41) is 1.87. The second-order valence-electron chi connectivity index (χ2n) is 5.14. The van der Waals surface area contributed by atoms with Gasteiger partial charge in [0.15, 0.2) is 0 Å². The highest BCUT2D eigenvalue weighted by Gasteiger charge is 2.40. The standard InChI is InChI=1S/C15H21BNO3/c1-11-4-6-12(7-5-11)17-14(8-9-16-2)13(10-20-17)15(18)19-3/h4-7,13-14H,8-10H2,1-3H3. The topological polar surface area (TPSA) is 38.8 Å². The van der Waals surface area contributed by atoms with E-state index in [1.165, 1.54) is 12.7 Å². The van der Waals surface area contributed by atoms with E-state index >= 15 is 0 Å². The van der Waals surface area contributed by atoms with Gasteiger partial charge in [0.05, 0.1) is 25.4 Å². The maximum absolute atomic E-state index is 11.9. The first-order valence-electron chi connectivity index (χ1n) is 7.02. The van der Waals surface area contributed by atoms with Gasteiger partial charge in [0.1, 0.15) is 13.2 Å². The van der Waals surface area contributed by atoms with Crippen LogP contribution >= 0.6 is 0 Å². The Morgan fingerprint density at radius 2 is 2.15 bits per heavy atom. The van der Waals surface area contributed by atoms with Gasteiger partial charge in [0.25, 0.3) is 0 Å². The van der Waals surface area contributed by atoms with Crippen LogP contribution in [-0.4, -0.2) is 33.0 Å². The van der Waals surface area contributed by atoms with E-state index < -0.39 is 0 Å². The molecule has 1 saturated heterocycles. The fraction of sp³-hybridized carbons (Fsp3) is 0.533. The number of hydrogen-bond acceptors (Lipinski definition) is 4. The Morgan fingerprint density at radius 3 is 2.75 bits per heavy atom. The summed E-state index contributed by atoms with van der Waals surface area (Å²) in [5.41, 5.74) is 2.19. The van der Waals surface area contributed by atoms with Gasteiger partial charge in [-0.15, -0.1) is 0 Å². The molecule has 2 rings (SSSR count). The van der Waals surface area contributed by atoms with Gasteiger partial charge < -0.3 is 4.74 Å². The van der Waals surface area contributed by atoms with Crippen molar-refractivity contribution in [2.24, 2.45) is 5.92 Å². The summed E-state index contributed by atoms with van der Waals surface area (Å²) in [6, 6.07) is 8.18. The molecule has 0 N–H and O–H groups in total. The van der Waals surface area contributed by atoms with E-state index in [1.54, 1.807) is 0 Å². The van der Waals surface area contributed by atoms with Crippen LogP contribution in [0.25, 0.3) is 0 Å². The molecule has 1 radical (unpaired) electrons. The van der Waals surface area contributed by atoms with Crippen LogP contribution in [0.2, 0.25) is 13.1 Å². The van der Waals surface area contributed by atoms with Crippen molar-refractivity contribution >= 4 is 18.9 Å². The lowest BCUT2D eigenvalue weighted by Gasteiger charge is -2.26. The van der Waals surface area contributed by atoms with Crippen molar-refractivity contribution in [2.75, 3.05) is 18.8 Å². The molecule has 2 unspecified atom stereocenters. The molecule has 0 spiro atoms. The Morgan fingerprint density at radius 1 is 1.45 bits per heavy atom. The van der Waals surface area contributed by atoms with Gasteiger partial charge >= 0.3 is 5.97 Å². The Bertz CT molecular complexity index is 449. The van der Waals surface area contributed by atoms with Gasteiger partial charge in [-0.25, -0.2) is 0 Å². The molecule has 2 atom stereocenters. The summed E-state index contributed by atoms with van der Waals surface area (Å²) in [6.07, 6.45) is 1.83. The lowest BCUT2D eigenvalue weighted by atomic mass is 9.74. The predicted octanol–water partition coefficient (Wildman–Crippen LogP) is 2.47. The average molecular weight is 274 g/mol. The van der Waals surface area contributed by atoms with Crippen LogP contribution in [0.15, 0.2) is 24.3 Å². The zero-order chi connectivity index (χ0) is 14.5. The molecular formula is C15H21BNO3. The number of hydrogen-bond donors (Lipinski definition) is 0. The highest BCUT2D eigenvalue weighted by Crippen LogP contribution is 2.31. The van der Waals surface area contributed by atoms with E-state index in [0.29, 0.717) is 6.61 Å². The molecule has 1 fully saturated rings. The Kier molecular flexibility index (Phi) is 5.07. The number of carbonyl (C=O) groups is 1. The molecule has 1 heterocycles. The van der Waals surface area contributed by atoms with Crippen LogP contribution in [0.5, 0.6) is 0 Å². The molecule has 107 valence electrons. The molecule has 20 heavy (non-hydrogen) atoms. The summed E-state index contributed by atoms with van der Waals surface area (Å²) in [4.78, 5) is 17.6. The van der Waals surface area contributed by atoms with E-state index in [-0.39, 0.29) is 17.9 Å². The van der Waals surface area contributed by atoms with E-state index in [4.69, 9.17) is 9.57 Å². The zero-order valence-electron chi connectivity index (χ0n) is 12.3. The lowest BCUT2D eigenvalue weighted by molar-refractivity contribution is -0.145. The number of rotatable bonds is 5. The van der Waals surface area contributed by atoms with E-state index in [0.717, 1.165) is 18.4 Å². The minimum Gasteiger partial charge on any atom is -0.469 e. The first-order valence-corrected chi connectivity index (χ1v) is 7.02. The Labute approximate surface area is 121 Å². The summed E-state index contributed by atoms with van der Waals surface area (Å²) in [7, 11) is 3.54. The molecule has 5 heteroatoms. The van der Waals surface area contributed by atoms with Crippen molar-refractivity contribution in [3.63, 3.8) is 0 Å². The molecule has 1 aliphatic rings. The van der Waals surface area contributed by atoms with Crippen LogP contribution in [-0.2, 0) is 14.4 Å². The van der Waals surface area contributed by atoms with Crippen LogP contribution in [0.3, 0.4) is 0 Å². The zero-order valence-corrected chi connectivity index (χ0v) is 12.3. The first kappa shape index (κ1) is 14.9. The van der Waals surface area contributed by atoms with Crippen LogP contribution in [0.4, 0.5) is 5.69 Å². The fourth-order valence-corrected chi connectivity index (χ4v) is 2.52. The number of ether oxygens (including phenoxy) is 1. The van der Waals surface area contributed by atoms with Crippen molar-refractivity contribution in [2.45, 2.75) is 32.5 Å². The summed E-state index contributed by atoms with van der Waals surface area (Å²) in [5.74, 6) is -0.415. The van der Waals surface area contributed by atoms with E-state index in [9.17, 15) is 4.79 Å². The molecule has 1 aromatic carbocycles. The summed E-state index contributed by atoms with van der Waals surface area (Å²) < 4.78 is 4.89. The van der Waals surface area contributed by atoms with Gasteiger partial charge in [-0.2, -0.15) is 0 Å². The van der Waals surface area contributed by atoms with Crippen molar-refractivity contribution in [1.29, 1.82) is 0 Å². The van der Waals surface area contributed by atoms with Crippen molar-refractivity contribution < 1.29 is 14.4 Å². The van der Waals surface area contributed by atoms with Gasteiger partial charge in [0, 0.05) is 0 Å². The second kappa shape index (κ2) is 6.79. The van der Waals surface area contributed by atoms with Crippen LogP contribution in [0, 0.1) is 12.8 Å². The number of hydroxylamine groups is 1. The number of esters is 1. The number of anilines is 1. The summed E-state index contributed by atoms with van der Waals surface area (Å²) >= 11 is 0. The third-order valence-electron chi connectivity index (χ3n) is 3.70. The molecule has 1 aliphatic heterocycles. The molecule has 1 aromatic rings. The van der Waals surface area contributed by atoms with Gasteiger partial charge in [-0.3, -0.25) is 14.7 Å². The third-order valence-corrected chi connectivity index (χ3v) is 3.70. The van der Waals surface area contributed by atoms with E-state index in [1.807, 2.05) is 36.2 Å². The molecule has 0 aromatic heterocycles. The molecule has 0 amide bonds. The first-order chi connectivity index (χ1) is 9.67. The van der Waals surface area contributed by atoms with Crippen LogP contribution in [0.1, 0.15) is 12.0 Å². The maximum Gasteiger partial charge on any atom is 0.313 e. The number of aryl methyl sites for hydroxylation is 1. The number of carbonyl (C=O) groups excluding carboxylic acids is 1. The van der Waals surface area contributed by atoms with Gasteiger partial charge in [0.2, 0.25) is 0 Å². The Balaban J connectivity index is 2.18. The number of methoxy groups -OCH3 is 1. The SMILES string of the molecule is C[B]CCC1C(C(=O)OC)CON1c1ccc(C)cc1. The minimum atomic E-state index is -0.221. The number of benzene rings is 1. The largest absolute Gasteiger partial charge is 0.469 e. The molecule has 0 aliphatic carbocycles. The molecule has 4 nitrogen and oxygen atoms in total. The third kappa shape index (κ3) is 3.15. The minimum absolute atomic E-state index is 0.0290.